The molecule has 160 valence electrons. The van der Waals surface area contributed by atoms with Gasteiger partial charge in [0.15, 0.2) is 5.16 Å². The van der Waals surface area contributed by atoms with Crippen LogP contribution in [0.25, 0.3) is 11.3 Å². The number of fused-ring (bicyclic) bond motifs is 2. The van der Waals surface area contributed by atoms with Gasteiger partial charge in [0.1, 0.15) is 5.56 Å². The van der Waals surface area contributed by atoms with Crippen LogP contribution < -0.4 is 4.90 Å². The normalized spacial score (nSPS) is 11.9. The van der Waals surface area contributed by atoms with Gasteiger partial charge in [0.25, 0.3) is 0 Å². The monoisotopic (exact) mass is 467 g/mol. The van der Waals surface area contributed by atoms with Gasteiger partial charge < -0.3 is 5.11 Å². The number of benzene rings is 3. The summed E-state index contributed by atoms with van der Waals surface area (Å²) in [6, 6.07) is 25.0. The molecule has 0 unspecified atom stereocenters. The van der Waals surface area contributed by atoms with Crippen LogP contribution in [0.4, 0.5) is 11.4 Å². The van der Waals surface area contributed by atoms with Crippen molar-refractivity contribution in [3.8, 4) is 29.5 Å². The molecular formula is C26H17N3O2S2. The molecule has 5 nitrogen and oxygen atoms in total. The summed E-state index contributed by atoms with van der Waals surface area (Å²) in [5.41, 5.74) is 3.16. The van der Waals surface area contributed by atoms with Crippen molar-refractivity contribution in [2.45, 2.75) is 14.9 Å². The summed E-state index contributed by atoms with van der Waals surface area (Å²) in [6.07, 6.45) is 5.59. The zero-order valence-electron chi connectivity index (χ0n) is 17.3. The third-order valence-corrected chi connectivity index (χ3v) is 7.03. The Morgan fingerprint density at radius 1 is 0.939 bits per heavy atom. The van der Waals surface area contributed by atoms with Crippen LogP contribution in [0.3, 0.4) is 0 Å². The van der Waals surface area contributed by atoms with Gasteiger partial charge in [-0.2, -0.15) is 4.98 Å². The van der Waals surface area contributed by atoms with E-state index in [-0.39, 0.29) is 28.3 Å². The minimum Gasteiger partial charge on any atom is -0.492 e. The number of terminal acetylenes is 1. The van der Waals surface area contributed by atoms with E-state index >= 15 is 0 Å². The fourth-order valence-electron chi connectivity index (χ4n) is 3.60. The van der Waals surface area contributed by atoms with Crippen molar-refractivity contribution in [1.82, 2.24) is 9.97 Å². The highest BCUT2D eigenvalue weighted by Crippen LogP contribution is 2.48. The molecule has 1 aliphatic rings. The molecule has 1 aliphatic heterocycles. The zero-order valence-corrected chi connectivity index (χ0v) is 18.9. The lowest BCUT2D eigenvalue weighted by Gasteiger charge is -2.30. The quantitative estimate of drug-likeness (QED) is 0.234. The molecule has 0 saturated heterocycles. The van der Waals surface area contributed by atoms with Crippen LogP contribution in [-0.2, 0) is 4.79 Å². The second-order valence-electron chi connectivity index (χ2n) is 7.12. The number of amides is 1. The number of carbonyl (C=O) groups is 1. The highest BCUT2D eigenvalue weighted by molar-refractivity contribution is 8.00. The van der Waals surface area contributed by atoms with Crippen LogP contribution in [0.2, 0.25) is 0 Å². The van der Waals surface area contributed by atoms with E-state index in [0.717, 1.165) is 38.5 Å². The van der Waals surface area contributed by atoms with Crippen molar-refractivity contribution in [3.63, 3.8) is 0 Å². The molecule has 1 amide bonds. The third-order valence-electron chi connectivity index (χ3n) is 5.07. The minimum absolute atomic E-state index is 0.0937. The fourth-order valence-corrected chi connectivity index (χ4v) is 5.34. The number of nitrogens with zero attached hydrogens (tertiary/aromatic N) is 3. The first-order chi connectivity index (χ1) is 16.2. The van der Waals surface area contributed by atoms with E-state index in [2.05, 4.69) is 15.9 Å². The fraction of sp³-hybridized carbons (Fsp3) is 0.0385. The lowest BCUT2D eigenvalue weighted by Crippen LogP contribution is -2.30. The number of thioether (sulfide) groups is 1. The van der Waals surface area contributed by atoms with Crippen molar-refractivity contribution in [2.75, 3.05) is 10.7 Å². The Kier molecular flexibility index (Phi) is 5.78. The lowest BCUT2D eigenvalue weighted by molar-refractivity contribution is -0.115. The highest BCUT2D eigenvalue weighted by Gasteiger charge is 2.28. The smallest absolute Gasteiger partial charge is 0.242 e. The first-order valence-corrected chi connectivity index (χ1v) is 11.9. The van der Waals surface area contributed by atoms with Gasteiger partial charge in [-0.25, -0.2) is 4.98 Å². The number of hydrogen-bond acceptors (Lipinski definition) is 6. The molecule has 33 heavy (non-hydrogen) atoms. The Morgan fingerprint density at radius 2 is 1.55 bits per heavy atom. The largest absolute Gasteiger partial charge is 0.492 e. The van der Waals surface area contributed by atoms with E-state index in [9.17, 15) is 9.90 Å². The topological polar surface area (TPSA) is 66.3 Å². The molecule has 7 heteroatoms. The average molecular weight is 468 g/mol. The SMILES string of the molecule is C#Cc1c(O)nc(SCC(=O)N2c3ccccc3Sc3ccccc32)nc1-c1ccccc1. The van der Waals surface area contributed by atoms with Gasteiger partial charge in [0.05, 0.1) is 22.8 Å². The standard InChI is InChI=1S/C26H17N3O2S2/c1-2-18-24(17-10-4-3-5-11-17)27-26(28-25(18)31)32-16-23(30)29-19-12-6-8-14-21(19)33-22-15-9-7-13-20(22)29/h1,3-15H,16H2,(H,27,28,31). The predicted octanol–water partition coefficient (Wildman–Crippen LogP) is 5.75. The average Bonchev–Trinajstić information content (AvgIpc) is 2.86. The molecule has 0 bridgehead atoms. The molecule has 1 N–H and O–H groups in total. The number of rotatable bonds is 4. The summed E-state index contributed by atoms with van der Waals surface area (Å²) in [4.78, 5) is 25.9. The van der Waals surface area contributed by atoms with Crippen molar-refractivity contribution in [1.29, 1.82) is 0 Å². The van der Waals surface area contributed by atoms with E-state index in [0.29, 0.717) is 5.69 Å². The molecule has 2 heterocycles. The molecule has 4 aromatic rings. The van der Waals surface area contributed by atoms with Crippen molar-refractivity contribution in [2.24, 2.45) is 0 Å². The van der Waals surface area contributed by atoms with Gasteiger partial charge in [-0.3, -0.25) is 9.69 Å². The number of aromatic hydroxyl groups is 1. The van der Waals surface area contributed by atoms with E-state index < -0.39 is 0 Å². The van der Waals surface area contributed by atoms with Crippen molar-refractivity contribution < 1.29 is 9.90 Å². The second kappa shape index (κ2) is 9.02. The summed E-state index contributed by atoms with van der Waals surface area (Å²) < 4.78 is 0. The van der Waals surface area contributed by atoms with Gasteiger partial charge >= 0.3 is 0 Å². The van der Waals surface area contributed by atoms with Gasteiger partial charge in [-0.05, 0) is 24.3 Å². The third kappa shape index (κ3) is 4.07. The van der Waals surface area contributed by atoms with E-state index in [4.69, 9.17) is 6.42 Å². The summed E-state index contributed by atoms with van der Waals surface area (Å²) >= 11 is 2.81. The van der Waals surface area contributed by atoms with Crippen LogP contribution in [0, 0.1) is 12.3 Å². The zero-order chi connectivity index (χ0) is 22.8. The first-order valence-electron chi connectivity index (χ1n) is 10.1. The van der Waals surface area contributed by atoms with E-state index in [1.165, 1.54) is 0 Å². The van der Waals surface area contributed by atoms with Crippen LogP contribution in [0.15, 0.2) is 93.8 Å². The lowest BCUT2D eigenvalue weighted by atomic mass is 10.1. The number of para-hydroxylation sites is 2. The Bertz CT molecular complexity index is 1360. The number of hydrogen-bond donors (Lipinski definition) is 1. The molecule has 0 saturated carbocycles. The van der Waals surface area contributed by atoms with Gasteiger partial charge in [-0.1, -0.05) is 84.0 Å². The maximum absolute atomic E-state index is 13.4. The Hall–Kier alpha value is -3.73. The number of aromatic nitrogens is 2. The molecule has 3 aromatic carbocycles. The van der Waals surface area contributed by atoms with Gasteiger partial charge in [-0.15, -0.1) is 6.42 Å². The summed E-state index contributed by atoms with van der Waals surface area (Å²) in [7, 11) is 0. The molecule has 0 radical (unpaired) electrons. The predicted molar refractivity (Wildman–Crippen MR) is 132 cm³/mol. The van der Waals surface area contributed by atoms with E-state index in [1.807, 2.05) is 78.9 Å². The minimum atomic E-state index is -0.272. The molecule has 0 fully saturated rings. The van der Waals surface area contributed by atoms with Gasteiger partial charge in [0, 0.05) is 15.4 Å². The molecule has 0 spiro atoms. The highest BCUT2D eigenvalue weighted by atomic mass is 32.2. The maximum atomic E-state index is 13.4. The van der Waals surface area contributed by atoms with Crippen molar-refractivity contribution in [3.05, 3.63) is 84.4 Å². The molecular weight excluding hydrogens is 450 g/mol. The van der Waals surface area contributed by atoms with Crippen LogP contribution in [0.1, 0.15) is 5.56 Å². The Labute approximate surface area is 199 Å². The number of anilines is 2. The second-order valence-corrected chi connectivity index (χ2v) is 9.15. The molecule has 0 aliphatic carbocycles. The first kappa shape index (κ1) is 21.1. The number of carbonyl (C=O) groups excluding carboxylic acids is 1. The Morgan fingerprint density at radius 3 is 2.18 bits per heavy atom. The summed E-state index contributed by atoms with van der Waals surface area (Å²) in [5.74, 6) is 2.18. The molecule has 0 atom stereocenters. The molecule has 1 aromatic heterocycles. The summed E-state index contributed by atoms with van der Waals surface area (Å²) in [6.45, 7) is 0. The van der Waals surface area contributed by atoms with Crippen LogP contribution >= 0.6 is 23.5 Å². The summed E-state index contributed by atoms with van der Waals surface area (Å²) in [5, 5.41) is 10.7. The molecule has 5 rings (SSSR count). The Balaban J connectivity index is 1.45. The maximum Gasteiger partial charge on any atom is 0.242 e. The van der Waals surface area contributed by atoms with Crippen LogP contribution in [-0.4, -0.2) is 26.7 Å². The van der Waals surface area contributed by atoms with Gasteiger partial charge in [0.2, 0.25) is 11.8 Å². The van der Waals surface area contributed by atoms with Crippen LogP contribution in [0.5, 0.6) is 5.88 Å². The van der Waals surface area contributed by atoms with Crippen molar-refractivity contribution >= 4 is 40.8 Å². The van der Waals surface area contributed by atoms with E-state index in [1.54, 1.807) is 16.7 Å².